The molecular formula is C10H12ClN3S. The number of aryl methyl sites for hydroxylation is 1. The van der Waals surface area contributed by atoms with Gasteiger partial charge in [0.1, 0.15) is 0 Å². The van der Waals surface area contributed by atoms with Crippen LogP contribution in [0.2, 0.25) is 0 Å². The van der Waals surface area contributed by atoms with Gasteiger partial charge in [-0.15, -0.1) is 12.4 Å². The number of hydrazone groups is 1. The fourth-order valence-electron chi connectivity index (χ4n) is 1.41. The molecule has 15 heavy (non-hydrogen) atoms. The zero-order chi connectivity index (χ0) is 9.97. The van der Waals surface area contributed by atoms with Gasteiger partial charge in [-0.2, -0.15) is 5.10 Å². The average molecular weight is 242 g/mol. The third kappa shape index (κ3) is 2.52. The van der Waals surface area contributed by atoms with Crippen LogP contribution in [0.3, 0.4) is 0 Å². The van der Waals surface area contributed by atoms with Crippen molar-refractivity contribution in [3.05, 3.63) is 35.4 Å². The highest BCUT2D eigenvalue weighted by Crippen LogP contribution is 2.20. The molecule has 1 aliphatic rings. The van der Waals surface area contributed by atoms with E-state index in [4.69, 9.17) is 5.84 Å². The van der Waals surface area contributed by atoms with Gasteiger partial charge in [0.05, 0.1) is 5.71 Å². The van der Waals surface area contributed by atoms with Crippen molar-refractivity contribution in [2.75, 3.05) is 5.75 Å². The molecule has 0 atom stereocenters. The smallest absolute Gasteiger partial charge is 0.206 e. The summed E-state index contributed by atoms with van der Waals surface area (Å²) in [6, 6.07) is 8.21. The van der Waals surface area contributed by atoms with E-state index in [2.05, 4.69) is 29.2 Å². The average Bonchev–Trinajstić information content (AvgIpc) is 2.67. The van der Waals surface area contributed by atoms with E-state index in [-0.39, 0.29) is 12.4 Å². The van der Waals surface area contributed by atoms with Crippen molar-refractivity contribution in [3.63, 3.8) is 0 Å². The maximum absolute atomic E-state index is 5.17. The van der Waals surface area contributed by atoms with Crippen LogP contribution in [0.4, 0.5) is 0 Å². The molecule has 1 heterocycles. The van der Waals surface area contributed by atoms with Gasteiger partial charge in [-0.05, 0) is 18.1 Å². The van der Waals surface area contributed by atoms with Gasteiger partial charge in [-0.1, -0.05) is 36.0 Å². The third-order valence-corrected chi connectivity index (χ3v) is 3.01. The molecule has 0 aliphatic carbocycles. The van der Waals surface area contributed by atoms with Crippen LogP contribution in [-0.2, 0) is 0 Å². The summed E-state index contributed by atoms with van der Waals surface area (Å²) in [5.41, 5.74) is 3.50. The zero-order valence-electron chi connectivity index (χ0n) is 8.30. The number of rotatable bonds is 1. The van der Waals surface area contributed by atoms with E-state index in [0.29, 0.717) is 5.17 Å². The first-order valence-electron chi connectivity index (χ1n) is 4.35. The fraction of sp³-hybridized carbons (Fsp3) is 0.200. The summed E-state index contributed by atoms with van der Waals surface area (Å²) >= 11 is 1.58. The minimum absolute atomic E-state index is 0. The van der Waals surface area contributed by atoms with Gasteiger partial charge < -0.3 is 5.84 Å². The molecule has 1 aliphatic heterocycles. The van der Waals surface area contributed by atoms with Gasteiger partial charge in [0.2, 0.25) is 5.17 Å². The lowest BCUT2D eigenvalue weighted by Gasteiger charge is -2.02. The lowest BCUT2D eigenvalue weighted by atomic mass is 10.1. The van der Waals surface area contributed by atoms with Gasteiger partial charge in [0.25, 0.3) is 0 Å². The predicted octanol–water partition coefficient (Wildman–Crippen LogP) is 2.18. The molecule has 5 heteroatoms. The van der Waals surface area contributed by atoms with Crippen LogP contribution in [0.15, 0.2) is 34.4 Å². The Morgan fingerprint density at radius 1 is 1.40 bits per heavy atom. The molecule has 80 valence electrons. The van der Waals surface area contributed by atoms with E-state index in [1.807, 2.05) is 12.1 Å². The van der Waals surface area contributed by atoms with Crippen molar-refractivity contribution in [1.29, 1.82) is 0 Å². The molecule has 0 spiro atoms. The SMILES string of the molecule is Cc1ccccc1C1=NC(=NN)SC1.Cl. The molecule has 3 nitrogen and oxygen atoms in total. The minimum Gasteiger partial charge on any atom is -0.321 e. The second-order valence-electron chi connectivity index (χ2n) is 3.07. The second kappa shape index (κ2) is 5.19. The van der Waals surface area contributed by atoms with E-state index < -0.39 is 0 Å². The van der Waals surface area contributed by atoms with Crippen LogP contribution >= 0.6 is 24.2 Å². The summed E-state index contributed by atoms with van der Waals surface area (Å²) < 4.78 is 0. The normalized spacial score (nSPS) is 17.4. The summed E-state index contributed by atoms with van der Waals surface area (Å²) in [6.07, 6.45) is 0. The van der Waals surface area contributed by atoms with Crippen LogP contribution in [0.25, 0.3) is 0 Å². The molecule has 2 N–H and O–H groups in total. The molecule has 2 rings (SSSR count). The van der Waals surface area contributed by atoms with E-state index in [0.717, 1.165) is 11.5 Å². The van der Waals surface area contributed by atoms with Crippen molar-refractivity contribution in [1.82, 2.24) is 0 Å². The van der Waals surface area contributed by atoms with Crippen molar-refractivity contribution in [2.24, 2.45) is 15.9 Å². The number of benzene rings is 1. The first-order chi connectivity index (χ1) is 6.81. The first-order valence-corrected chi connectivity index (χ1v) is 5.34. The highest BCUT2D eigenvalue weighted by atomic mass is 35.5. The highest BCUT2D eigenvalue weighted by molar-refractivity contribution is 8.15. The highest BCUT2D eigenvalue weighted by Gasteiger charge is 2.15. The number of aliphatic imine (C=N–C) groups is 1. The van der Waals surface area contributed by atoms with E-state index >= 15 is 0 Å². The van der Waals surface area contributed by atoms with Gasteiger partial charge in [-0.3, -0.25) is 0 Å². The van der Waals surface area contributed by atoms with Crippen LogP contribution in [-0.4, -0.2) is 16.6 Å². The Bertz CT molecular complexity index is 415. The standard InChI is InChI=1S/C10H11N3S.ClH/c1-7-4-2-3-5-8(7)9-6-14-10(12-9)13-11;/h2-5H,6,11H2,1H3;1H. The number of halogens is 1. The van der Waals surface area contributed by atoms with Gasteiger partial charge >= 0.3 is 0 Å². The minimum atomic E-state index is 0. The fourth-order valence-corrected chi connectivity index (χ4v) is 2.15. The lowest BCUT2D eigenvalue weighted by Crippen LogP contribution is -2.02. The van der Waals surface area contributed by atoms with Gasteiger partial charge in [0, 0.05) is 5.75 Å². The van der Waals surface area contributed by atoms with Gasteiger partial charge in [-0.25, -0.2) is 4.99 Å². The molecule has 0 saturated carbocycles. The molecule has 0 unspecified atom stereocenters. The lowest BCUT2D eigenvalue weighted by molar-refractivity contribution is 1.25. The van der Waals surface area contributed by atoms with Crippen molar-refractivity contribution >= 4 is 35.0 Å². The molecule has 0 saturated heterocycles. The predicted molar refractivity (Wildman–Crippen MR) is 69.0 cm³/mol. The number of hydrogen-bond donors (Lipinski definition) is 1. The molecule has 0 bridgehead atoms. The Balaban J connectivity index is 0.00000112. The topological polar surface area (TPSA) is 50.7 Å². The molecule has 1 aromatic carbocycles. The van der Waals surface area contributed by atoms with E-state index in [9.17, 15) is 0 Å². The monoisotopic (exact) mass is 241 g/mol. The van der Waals surface area contributed by atoms with Crippen molar-refractivity contribution in [2.45, 2.75) is 6.92 Å². The van der Waals surface area contributed by atoms with E-state index in [1.165, 1.54) is 11.1 Å². The summed E-state index contributed by atoms with van der Waals surface area (Å²) in [7, 11) is 0. The number of hydrogen-bond acceptors (Lipinski definition) is 3. The molecule has 0 radical (unpaired) electrons. The first kappa shape index (κ1) is 12.1. The molecule has 0 aromatic heterocycles. The Morgan fingerprint density at radius 2 is 2.13 bits per heavy atom. The van der Waals surface area contributed by atoms with Gasteiger partial charge in [0.15, 0.2) is 0 Å². The molecule has 0 amide bonds. The summed E-state index contributed by atoms with van der Waals surface area (Å²) in [4.78, 5) is 4.34. The summed E-state index contributed by atoms with van der Waals surface area (Å²) in [5.74, 6) is 6.03. The quantitative estimate of drug-likeness (QED) is 0.605. The number of thioether (sulfide) groups is 1. The van der Waals surface area contributed by atoms with Crippen molar-refractivity contribution in [3.8, 4) is 0 Å². The Kier molecular flexibility index (Phi) is 4.17. The Morgan fingerprint density at radius 3 is 2.73 bits per heavy atom. The summed E-state index contributed by atoms with van der Waals surface area (Å²) in [6.45, 7) is 2.08. The molecule has 0 fully saturated rings. The maximum Gasteiger partial charge on any atom is 0.206 e. The van der Waals surface area contributed by atoms with Crippen LogP contribution in [0.5, 0.6) is 0 Å². The van der Waals surface area contributed by atoms with Crippen LogP contribution < -0.4 is 5.84 Å². The Labute approximate surface area is 99.3 Å². The van der Waals surface area contributed by atoms with Crippen LogP contribution in [0, 0.1) is 6.92 Å². The second-order valence-corrected chi connectivity index (χ2v) is 4.02. The number of nitrogens with two attached hydrogens (primary N) is 1. The van der Waals surface area contributed by atoms with Crippen LogP contribution in [0.1, 0.15) is 11.1 Å². The maximum atomic E-state index is 5.17. The summed E-state index contributed by atoms with van der Waals surface area (Å²) in [5, 5.41) is 4.25. The Hall–Kier alpha value is -1.00. The number of amidine groups is 1. The third-order valence-electron chi connectivity index (χ3n) is 2.13. The van der Waals surface area contributed by atoms with E-state index in [1.54, 1.807) is 11.8 Å². The molecule has 1 aromatic rings. The zero-order valence-corrected chi connectivity index (χ0v) is 9.94. The van der Waals surface area contributed by atoms with Crippen molar-refractivity contribution < 1.29 is 0 Å². The number of nitrogens with zero attached hydrogens (tertiary/aromatic N) is 2. The largest absolute Gasteiger partial charge is 0.321 e. The molecular weight excluding hydrogens is 230 g/mol.